The second kappa shape index (κ2) is 11.0. The van der Waals surface area contributed by atoms with E-state index in [0.717, 1.165) is 23.6 Å². The quantitative estimate of drug-likeness (QED) is 0.142. The minimum atomic E-state index is -1.95. The second-order valence-corrected chi connectivity index (χ2v) is 10.8. The van der Waals surface area contributed by atoms with Gasteiger partial charge < -0.3 is 5.32 Å². The molecule has 1 N–H and O–H groups in total. The van der Waals surface area contributed by atoms with Gasteiger partial charge in [-0.2, -0.15) is 0 Å². The first-order valence-electron chi connectivity index (χ1n) is 13.3. The zero-order valence-corrected chi connectivity index (χ0v) is 22.8. The van der Waals surface area contributed by atoms with Gasteiger partial charge in [-0.25, -0.2) is 31.9 Å². The fourth-order valence-corrected chi connectivity index (χ4v) is 5.07. The third kappa shape index (κ3) is 5.58. The summed E-state index contributed by atoms with van der Waals surface area (Å²) in [5.74, 6) is -7.53. The lowest BCUT2D eigenvalue weighted by Crippen LogP contribution is -2.42. The fraction of sp³-hybridized carbons (Fsp3) is 0.281. The number of ketones is 1. The van der Waals surface area contributed by atoms with E-state index in [2.05, 4.69) is 5.32 Å². The standard InChI is InChI=1S/C32H28F5N3O/c1-17-22(27(35)29(37)28(36)26(17)34)16-25(41)32(2,3)40-31-24(13-9-18-7-5-4-6-8-18)38-30-21-12-11-20(33)15-19(21)10-14-23(30)39-31/h4-8,11-12,15H,9-10,13-14,16H2,1-3H3,(H,39,40). The molecule has 1 aliphatic rings. The van der Waals surface area contributed by atoms with Gasteiger partial charge in [0.05, 0.1) is 22.6 Å². The average Bonchev–Trinajstić information content (AvgIpc) is 2.96. The largest absolute Gasteiger partial charge is 0.357 e. The molecule has 0 saturated carbocycles. The van der Waals surface area contributed by atoms with E-state index < -0.39 is 52.1 Å². The zero-order valence-electron chi connectivity index (χ0n) is 22.8. The van der Waals surface area contributed by atoms with Crippen LogP contribution in [0.5, 0.6) is 0 Å². The third-order valence-electron chi connectivity index (χ3n) is 7.58. The van der Waals surface area contributed by atoms with Crippen molar-refractivity contribution < 1.29 is 26.7 Å². The Balaban J connectivity index is 1.49. The van der Waals surface area contributed by atoms with Crippen molar-refractivity contribution in [2.45, 2.75) is 58.4 Å². The van der Waals surface area contributed by atoms with Crippen molar-refractivity contribution >= 4 is 11.6 Å². The summed E-state index contributed by atoms with van der Waals surface area (Å²) in [5.41, 5.74) is 2.27. The molecule has 0 fully saturated rings. The average molecular weight is 566 g/mol. The third-order valence-corrected chi connectivity index (χ3v) is 7.58. The van der Waals surface area contributed by atoms with E-state index in [9.17, 15) is 26.7 Å². The molecule has 3 aromatic carbocycles. The van der Waals surface area contributed by atoms with Gasteiger partial charge in [0.2, 0.25) is 0 Å². The highest BCUT2D eigenvalue weighted by Crippen LogP contribution is 2.34. The van der Waals surface area contributed by atoms with Crippen LogP contribution in [-0.4, -0.2) is 21.3 Å². The molecule has 0 aliphatic heterocycles. The molecule has 41 heavy (non-hydrogen) atoms. The summed E-state index contributed by atoms with van der Waals surface area (Å²) >= 11 is 0. The second-order valence-electron chi connectivity index (χ2n) is 10.8. The number of nitrogens with zero attached hydrogens (tertiary/aromatic N) is 2. The predicted octanol–water partition coefficient (Wildman–Crippen LogP) is 7.03. The van der Waals surface area contributed by atoms with Gasteiger partial charge in [0, 0.05) is 17.5 Å². The van der Waals surface area contributed by atoms with Crippen LogP contribution < -0.4 is 5.32 Å². The molecule has 0 unspecified atom stereocenters. The van der Waals surface area contributed by atoms with Gasteiger partial charge in [-0.15, -0.1) is 0 Å². The minimum Gasteiger partial charge on any atom is -0.357 e. The lowest BCUT2D eigenvalue weighted by molar-refractivity contribution is -0.121. The van der Waals surface area contributed by atoms with Crippen molar-refractivity contribution in [1.82, 2.24) is 9.97 Å². The Morgan fingerprint density at radius 2 is 1.59 bits per heavy atom. The van der Waals surface area contributed by atoms with Crippen LogP contribution in [0.3, 0.4) is 0 Å². The molecule has 5 rings (SSSR count). The molecule has 1 aromatic heterocycles. The Kier molecular flexibility index (Phi) is 7.64. The number of hydrogen-bond donors (Lipinski definition) is 1. The van der Waals surface area contributed by atoms with Crippen LogP contribution >= 0.6 is 0 Å². The van der Waals surface area contributed by atoms with Crippen LogP contribution in [-0.2, 0) is 36.9 Å². The van der Waals surface area contributed by atoms with Gasteiger partial charge in [0.25, 0.3) is 0 Å². The zero-order chi connectivity index (χ0) is 29.5. The van der Waals surface area contributed by atoms with Crippen molar-refractivity contribution in [3.8, 4) is 11.3 Å². The normalized spacial score (nSPS) is 12.6. The number of nitrogens with one attached hydrogen (secondary N) is 1. The number of rotatable bonds is 8. The summed E-state index contributed by atoms with van der Waals surface area (Å²) < 4.78 is 70.2. The number of fused-ring (bicyclic) bond motifs is 3. The van der Waals surface area contributed by atoms with Crippen LogP contribution in [0.2, 0.25) is 0 Å². The maximum atomic E-state index is 14.5. The molecule has 0 saturated heterocycles. The number of aryl methyl sites for hydroxylation is 4. The summed E-state index contributed by atoms with van der Waals surface area (Å²) in [6.45, 7) is 4.21. The van der Waals surface area contributed by atoms with Gasteiger partial charge in [0.1, 0.15) is 11.6 Å². The topological polar surface area (TPSA) is 54.9 Å². The first-order valence-corrected chi connectivity index (χ1v) is 13.3. The molecule has 0 amide bonds. The number of aromatic nitrogens is 2. The monoisotopic (exact) mass is 565 g/mol. The molecule has 0 radical (unpaired) electrons. The molecular weight excluding hydrogens is 537 g/mol. The van der Waals surface area contributed by atoms with E-state index >= 15 is 0 Å². The summed E-state index contributed by atoms with van der Waals surface area (Å²) in [5, 5.41) is 3.14. The Labute approximate surface area is 234 Å². The van der Waals surface area contributed by atoms with Gasteiger partial charge in [-0.3, -0.25) is 4.79 Å². The van der Waals surface area contributed by atoms with Crippen LogP contribution in [0.15, 0.2) is 48.5 Å². The van der Waals surface area contributed by atoms with Crippen molar-refractivity contribution in [1.29, 1.82) is 0 Å². The summed E-state index contributed by atoms with van der Waals surface area (Å²) in [4.78, 5) is 23.1. The Morgan fingerprint density at radius 1 is 0.878 bits per heavy atom. The van der Waals surface area contributed by atoms with Gasteiger partial charge in [0.15, 0.2) is 29.1 Å². The molecule has 4 nitrogen and oxygen atoms in total. The number of carbonyl (C=O) groups excluding carboxylic acids is 1. The van der Waals surface area contributed by atoms with Crippen LogP contribution in [0.25, 0.3) is 11.3 Å². The number of benzene rings is 3. The van der Waals surface area contributed by atoms with E-state index in [1.165, 1.54) is 12.1 Å². The van der Waals surface area contributed by atoms with E-state index in [-0.39, 0.29) is 5.82 Å². The summed E-state index contributed by atoms with van der Waals surface area (Å²) in [6.07, 6.45) is 1.52. The fourth-order valence-electron chi connectivity index (χ4n) is 5.07. The number of halogens is 5. The lowest BCUT2D eigenvalue weighted by atomic mass is 9.90. The molecule has 212 valence electrons. The smallest absolute Gasteiger partial charge is 0.197 e. The van der Waals surface area contributed by atoms with Gasteiger partial charge in [-0.05, 0) is 81.3 Å². The van der Waals surface area contributed by atoms with Gasteiger partial charge in [-0.1, -0.05) is 30.3 Å². The highest BCUT2D eigenvalue weighted by Gasteiger charge is 2.33. The maximum Gasteiger partial charge on any atom is 0.197 e. The van der Waals surface area contributed by atoms with E-state index in [0.29, 0.717) is 48.6 Å². The minimum absolute atomic E-state index is 0.324. The SMILES string of the molecule is Cc1c(F)c(F)c(F)c(F)c1CC(=O)C(C)(C)Nc1nc2c(nc1CCc1ccccc1)-c1ccc(F)cc1CC2. The summed E-state index contributed by atoms with van der Waals surface area (Å²) in [7, 11) is 0. The predicted molar refractivity (Wildman–Crippen MR) is 146 cm³/mol. The first-order chi connectivity index (χ1) is 19.5. The highest BCUT2D eigenvalue weighted by atomic mass is 19.2. The Morgan fingerprint density at radius 3 is 2.32 bits per heavy atom. The molecular formula is C32H28F5N3O. The molecule has 1 heterocycles. The molecule has 9 heteroatoms. The Hall–Kier alpha value is -4.14. The van der Waals surface area contributed by atoms with E-state index in [1.54, 1.807) is 19.9 Å². The van der Waals surface area contributed by atoms with Crippen LogP contribution in [0, 0.1) is 36.0 Å². The Bertz CT molecular complexity index is 1620. The number of Topliss-reactive ketones (excluding diaryl/α,β-unsaturated/α-hetero) is 1. The van der Waals surface area contributed by atoms with Gasteiger partial charge >= 0.3 is 0 Å². The highest BCUT2D eigenvalue weighted by molar-refractivity contribution is 5.92. The van der Waals surface area contributed by atoms with Crippen molar-refractivity contribution in [2.24, 2.45) is 0 Å². The maximum absolute atomic E-state index is 14.5. The molecule has 0 atom stereocenters. The van der Waals surface area contributed by atoms with E-state index in [4.69, 9.17) is 9.97 Å². The van der Waals surface area contributed by atoms with Crippen molar-refractivity contribution in [2.75, 3.05) is 5.32 Å². The molecule has 4 aromatic rings. The number of carbonyl (C=O) groups is 1. The molecule has 0 spiro atoms. The van der Waals surface area contributed by atoms with Crippen LogP contribution in [0.1, 0.15) is 47.5 Å². The van der Waals surface area contributed by atoms with Crippen molar-refractivity contribution in [3.63, 3.8) is 0 Å². The van der Waals surface area contributed by atoms with Crippen LogP contribution in [0.4, 0.5) is 27.8 Å². The van der Waals surface area contributed by atoms with Crippen molar-refractivity contribution in [3.05, 3.63) is 111 Å². The number of hydrogen-bond acceptors (Lipinski definition) is 4. The first kappa shape index (κ1) is 28.4. The van der Waals surface area contributed by atoms with E-state index in [1.807, 2.05) is 30.3 Å². The molecule has 0 bridgehead atoms. The molecule has 1 aliphatic carbocycles. The lowest BCUT2D eigenvalue weighted by Gasteiger charge is -2.28. The number of anilines is 1. The summed E-state index contributed by atoms with van der Waals surface area (Å²) in [6, 6.07) is 14.3.